The van der Waals surface area contributed by atoms with Gasteiger partial charge in [0.15, 0.2) is 0 Å². The van der Waals surface area contributed by atoms with Crippen LogP contribution in [0.3, 0.4) is 0 Å². The van der Waals surface area contributed by atoms with Gasteiger partial charge in [-0.3, -0.25) is 0 Å². The Labute approximate surface area is 82.9 Å². The quantitative estimate of drug-likeness (QED) is 0.811. The fourth-order valence-corrected chi connectivity index (χ4v) is 2.04. The Bertz CT molecular complexity index is 274. The Hall–Kier alpha value is -0.610. The number of aryl methyl sites for hydroxylation is 1. The van der Waals surface area contributed by atoms with E-state index in [-0.39, 0.29) is 5.41 Å². The number of aromatic nitrogens is 1. The van der Waals surface area contributed by atoms with Gasteiger partial charge < -0.3 is 10.5 Å². The Morgan fingerprint density at radius 2 is 2.15 bits per heavy atom. The second-order valence-electron chi connectivity index (χ2n) is 3.78. The van der Waals surface area contributed by atoms with Crippen molar-refractivity contribution in [3.8, 4) is 0 Å². The standard InChI is InChI=1S/C9H16N2OS/c1-6-7(10)11-8(13-6)9(2,3)5-12-4/h5,10H2,1-4H3. The van der Waals surface area contributed by atoms with Crippen LogP contribution in [-0.4, -0.2) is 18.7 Å². The van der Waals surface area contributed by atoms with Crippen molar-refractivity contribution in [1.82, 2.24) is 4.98 Å². The fourth-order valence-electron chi connectivity index (χ4n) is 1.12. The molecule has 0 aliphatic carbocycles. The van der Waals surface area contributed by atoms with E-state index in [0.717, 1.165) is 9.88 Å². The zero-order chi connectivity index (χ0) is 10.1. The van der Waals surface area contributed by atoms with E-state index in [1.54, 1.807) is 18.4 Å². The molecule has 4 heteroatoms. The van der Waals surface area contributed by atoms with Gasteiger partial charge in [0.25, 0.3) is 0 Å². The maximum Gasteiger partial charge on any atom is 0.137 e. The number of methoxy groups -OCH3 is 1. The van der Waals surface area contributed by atoms with Crippen LogP contribution in [0, 0.1) is 6.92 Å². The topological polar surface area (TPSA) is 48.1 Å². The summed E-state index contributed by atoms with van der Waals surface area (Å²) in [4.78, 5) is 5.40. The highest BCUT2D eigenvalue weighted by Gasteiger charge is 2.24. The van der Waals surface area contributed by atoms with Crippen LogP contribution in [0.15, 0.2) is 0 Å². The average molecular weight is 200 g/mol. The van der Waals surface area contributed by atoms with Gasteiger partial charge in [-0.25, -0.2) is 4.98 Å². The minimum atomic E-state index is -0.0399. The molecule has 1 heterocycles. The lowest BCUT2D eigenvalue weighted by molar-refractivity contribution is 0.146. The molecule has 0 unspecified atom stereocenters. The lowest BCUT2D eigenvalue weighted by Crippen LogP contribution is -2.23. The number of nitrogen functional groups attached to an aromatic ring is 1. The molecule has 0 amide bonds. The van der Waals surface area contributed by atoms with E-state index in [0.29, 0.717) is 12.4 Å². The molecule has 0 saturated heterocycles. The molecule has 0 aliphatic heterocycles. The van der Waals surface area contributed by atoms with Gasteiger partial charge in [-0.15, -0.1) is 11.3 Å². The van der Waals surface area contributed by atoms with Gasteiger partial charge in [0, 0.05) is 17.4 Å². The van der Waals surface area contributed by atoms with Crippen molar-refractivity contribution < 1.29 is 4.74 Å². The third-order valence-corrected chi connectivity index (χ3v) is 3.27. The molecule has 0 fully saturated rings. The number of rotatable bonds is 3. The molecule has 3 nitrogen and oxygen atoms in total. The Balaban J connectivity index is 2.93. The van der Waals surface area contributed by atoms with Crippen molar-refractivity contribution in [3.63, 3.8) is 0 Å². The molecule has 1 aromatic heterocycles. The molecule has 1 rings (SSSR count). The van der Waals surface area contributed by atoms with E-state index < -0.39 is 0 Å². The van der Waals surface area contributed by atoms with Gasteiger partial charge in [0.2, 0.25) is 0 Å². The van der Waals surface area contributed by atoms with E-state index >= 15 is 0 Å². The maximum absolute atomic E-state index is 5.69. The van der Waals surface area contributed by atoms with E-state index in [1.165, 1.54) is 0 Å². The first-order valence-electron chi connectivity index (χ1n) is 4.19. The molecule has 0 saturated carbocycles. The second kappa shape index (κ2) is 3.64. The van der Waals surface area contributed by atoms with E-state index in [4.69, 9.17) is 10.5 Å². The second-order valence-corrected chi connectivity index (χ2v) is 4.98. The molecule has 0 aromatic carbocycles. The van der Waals surface area contributed by atoms with Crippen molar-refractivity contribution in [2.24, 2.45) is 0 Å². The summed E-state index contributed by atoms with van der Waals surface area (Å²) in [6, 6.07) is 0. The van der Waals surface area contributed by atoms with Crippen molar-refractivity contribution in [2.45, 2.75) is 26.2 Å². The summed E-state index contributed by atoms with van der Waals surface area (Å²) >= 11 is 1.65. The van der Waals surface area contributed by atoms with Crippen molar-refractivity contribution in [1.29, 1.82) is 0 Å². The smallest absolute Gasteiger partial charge is 0.137 e. The summed E-state index contributed by atoms with van der Waals surface area (Å²) in [5.74, 6) is 0.643. The summed E-state index contributed by atoms with van der Waals surface area (Å²) in [6.45, 7) is 6.86. The van der Waals surface area contributed by atoms with Gasteiger partial charge >= 0.3 is 0 Å². The zero-order valence-corrected chi connectivity index (χ0v) is 9.36. The normalized spacial score (nSPS) is 12.0. The number of nitrogens with two attached hydrogens (primary N) is 1. The average Bonchev–Trinajstić information content (AvgIpc) is 2.33. The minimum absolute atomic E-state index is 0.0399. The van der Waals surface area contributed by atoms with Gasteiger partial charge in [-0.2, -0.15) is 0 Å². The fraction of sp³-hybridized carbons (Fsp3) is 0.667. The summed E-state index contributed by atoms with van der Waals surface area (Å²) in [6.07, 6.45) is 0. The zero-order valence-electron chi connectivity index (χ0n) is 8.55. The van der Waals surface area contributed by atoms with Crippen molar-refractivity contribution in [3.05, 3.63) is 9.88 Å². The summed E-state index contributed by atoms with van der Waals surface area (Å²) in [5, 5.41) is 1.05. The summed E-state index contributed by atoms with van der Waals surface area (Å²) in [7, 11) is 1.70. The molecule has 0 radical (unpaired) electrons. The van der Waals surface area contributed by atoms with E-state index in [9.17, 15) is 0 Å². The highest BCUT2D eigenvalue weighted by molar-refractivity contribution is 7.12. The maximum atomic E-state index is 5.69. The van der Waals surface area contributed by atoms with Crippen LogP contribution in [0.2, 0.25) is 0 Å². The van der Waals surface area contributed by atoms with Gasteiger partial charge in [0.05, 0.1) is 6.61 Å². The number of thiazole rings is 1. The summed E-state index contributed by atoms with van der Waals surface area (Å²) in [5.41, 5.74) is 5.65. The first kappa shape index (κ1) is 10.5. The molecule has 13 heavy (non-hydrogen) atoms. The lowest BCUT2D eigenvalue weighted by Gasteiger charge is -2.20. The predicted molar refractivity (Wildman–Crippen MR) is 56.2 cm³/mol. The third kappa shape index (κ3) is 2.19. The van der Waals surface area contributed by atoms with Crippen LogP contribution >= 0.6 is 11.3 Å². The lowest BCUT2D eigenvalue weighted by atomic mass is 9.96. The number of hydrogen-bond donors (Lipinski definition) is 1. The Morgan fingerprint density at radius 3 is 2.54 bits per heavy atom. The number of nitrogens with zero attached hydrogens (tertiary/aromatic N) is 1. The highest BCUT2D eigenvalue weighted by atomic mass is 32.1. The number of anilines is 1. The molecule has 0 aliphatic rings. The molecule has 1 aromatic rings. The van der Waals surface area contributed by atoms with Crippen LogP contribution in [0.4, 0.5) is 5.82 Å². The van der Waals surface area contributed by atoms with Gasteiger partial charge in [-0.05, 0) is 6.92 Å². The monoisotopic (exact) mass is 200 g/mol. The predicted octanol–water partition coefficient (Wildman–Crippen LogP) is 1.96. The number of hydrogen-bond acceptors (Lipinski definition) is 4. The minimum Gasteiger partial charge on any atom is -0.384 e. The van der Waals surface area contributed by atoms with Crippen molar-refractivity contribution >= 4 is 17.2 Å². The van der Waals surface area contributed by atoms with Gasteiger partial charge in [-0.1, -0.05) is 13.8 Å². The van der Waals surface area contributed by atoms with Crippen LogP contribution in [0.5, 0.6) is 0 Å². The van der Waals surface area contributed by atoms with Crippen LogP contribution < -0.4 is 5.73 Å². The Morgan fingerprint density at radius 1 is 1.54 bits per heavy atom. The number of ether oxygens (including phenoxy) is 1. The van der Waals surface area contributed by atoms with Crippen LogP contribution in [-0.2, 0) is 10.2 Å². The largest absolute Gasteiger partial charge is 0.384 e. The Kier molecular flexibility index (Phi) is 2.93. The highest BCUT2D eigenvalue weighted by Crippen LogP contribution is 2.30. The van der Waals surface area contributed by atoms with Crippen LogP contribution in [0.25, 0.3) is 0 Å². The first-order valence-corrected chi connectivity index (χ1v) is 5.01. The van der Waals surface area contributed by atoms with Gasteiger partial charge in [0.1, 0.15) is 10.8 Å². The molecule has 0 atom stereocenters. The molecular weight excluding hydrogens is 184 g/mol. The molecule has 74 valence electrons. The molecule has 0 bridgehead atoms. The molecule has 2 N–H and O–H groups in total. The molecule has 0 spiro atoms. The first-order chi connectivity index (χ1) is 5.97. The molecular formula is C9H16N2OS. The third-order valence-electron chi connectivity index (χ3n) is 1.92. The van der Waals surface area contributed by atoms with Crippen LogP contribution in [0.1, 0.15) is 23.7 Å². The van der Waals surface area contributed by atoms with E-state index in [2.05, 4.69) is 18.8 Å². The van der Waals surface area contributed by atoms with E-state index in [1.807, 2.05) is 6.92 Å². The summed E-state index contributed by atoms with van der Waals surface area (Å²) < 4.78 is 5.14. The van der Waals surface area contributed by atoms with Crippen molar-refractivity contribution in [2.75, 3.05) is 19.5 Å². The SMILES string of the molecule is COCC(C)(C)c1nc(N)c(C)s1.